The molecule has 3 aliphatic rings. The van der Waals surface area contributed by atoms with Crippen molar-refractivity contribution >= 4 is 15.8 Å². The normalized spacial score (nSPS) is 24.4. The number of Topliss-reactive ketones (excluding diaryl/α,β-unsaturated/α-hetero) is 1. The van der Waals surface area contributed by atoms with Gasteiger partial charge in [-0.1, -0.05) is 0 Å². The van der Waals surface area contributed by atoms with E-state index in [2.05, 4.69) is 15.2 Å². The number of rotatable bonds is 3. The summed E-state index contributed by atoms with van der Waals surface area (Å²) in [5.41, 5.74) is -1.37. The molecule has 28 heavy (non-hydrogen) atoms. The number of hydrogen-bond acceptors (Lipinski definition) is 5. The number of sulfonamides is 1. The summed E-state index contributed by atoms with van der Waals surface area (Å²) in [6, 6.07) is 0.983. The molecular formula is C17H15F3N4O3S. The van der Waals surface area contributed by atoms with Crippen LogP contribution in [0.5, 0.6) is 0 Å². The lowest BCUT2D eigenvalue weighted by atomic mass is 9.91. The molecule has 1 aliphatic heterocycles. The Labute approximate surface area is 158 Å². The van der Waals surface area contributed by atoms with Crippen LogP contribution in [0, 0.1) is 5.92 Å². The highest BCUT2D eigenvalue weighted by molar-refractivity contribution is 7.89. The van der Waals surface area contributed by atoms with Gasteiger partial charge in [0.2, 0.25) is 5.78 Å². The molecule has 2 fully saturated rings. The largest absolute Gasteiger partial charge is 0.417 e. The Morgan fingerprint density at radius 1 is 1.18 bits per heavy atom. The Bertz CT molecular complexity index is 1070. The molecule has 1 spiro atoms. The predicted octanol–water partition coefficient (Wildman–Crippen LogP) is 2.69. The molecule has 3 heterocycles. The summed E-state index contributed by atoms with van der Waals surface area (Å²) in [5, 5.41) is 6.13. The lowest BCUT2D eigenvalue weighted by molar-refractivity contribution is -0.137. The number of halogens is 3. The molecule has 148 valence electrons. The minimum atomic E-state index is -4.61. The quantitative estimate of drug-likeness (QED) is 0.836. The first-order valence-electron chi connectivity index (χ1n) is 8.82. The van der Waals surface area contributed by atoms with E-state index in [1.54, 1.807) is 0 Å². The number of alkyl halides is 3. The molecule has 0 saturated heterocycles. The van der Waals surface area contributed by atoms with E-state index in [9.17, 15) is 26.4 Å². The Balaban J connectivity index is 1.63. The maximum Gasteiger partial charge on any atom is 0.417 e. The number of carbonyl (C=O) groups is 1. The van der Waals surface area contributed by atoms with Crippen LogP contribution < -0.4 is 0 Å². The number of aromatic amines is 1. The summed E-state index contributed by atoms with van der Waals surface area (Å²) < 4.78 is 66.5. The number of fused-ring (bicyclic) bond motifs is 1. The van der Waals surface area contributed by atoms with Gasteiger partial charge in [0, 0.05) is 11.8 Å². The van der Waals surface area contributed by atoms with Crippen LogP contribution in [0.3, 0.4) is 0 Å². The summed E-state index contributed by atoms with van der Waals surface area (Å²) in [6.07, 6.45) is -0.281. The molecule has 7 nitrogen and oxygen atoms in total. The van der Waals surface area contributed by atoms with Crippen LogP contribution in [0.1, 0.15) is 53.3 Å². The first kappa shape index (κ1) is 17.8. The molecular weight excluding hydrogens is 397 g/mol. The molecule has 1 atom stereocenters. The van der Waals surface area contributed by atoms with Gasteiger partial charge >= 0.3 is 6.18 Å². The minimum absolute atomic E-state index is 0.0474. The molecule has 0 amide bonds. The van der Waals surface area contributed by atoms with E-state index in [1.807, 2.05) is 0 Å². The molecule has 2 aromatic rings. The van der Waals surface area contributed by atoms with Crippen molar-refractivity contribution in [3.05, 3.63) is 41.3 Å². The number of carbonyl (C=O) groups excluding carboxylic acids is 1. The first-order chi connectivity index (χ1) is 13.2. The number of H-pyrrole nitrogens is 1. The molecule has 2 aromatic heterocycles. The third kappa shape index (κ3) is 2.38. The first-order valence-corrected chi connectivity index (χ1v) is 10.3. The van der Waals surface area contributed by atoms with Crippen LogP contribution in [0.25, 0.3) is 0 Å². The van der Waals surface area contributed by atoms with E-state index < -0.39 is 38.4 Å². The average molecular weight is 412 g/mol. The SMILES string of the molecule is O=C1c2[nH]ncc2C(C2CC2)N(S(=O)(=O)c2ccc(C(F)(F)F)cn2)C12CC2. The van der Waals surface area contributed by atoms with Gasteiger partial charge < -0.3 is 0 Å². The third-order valence-electron chi connectivity index (χ3n) is 5.69. The zero-order valence-corrected chi connectivity index (χ0v) is 15.2. The van der Waals surface area contributed by atoms with Gasteiger partial charge in [-0.3, -0.25) is 9.89 Å². The molecule has 0 radical (unpaired) electrons. The number of ketones is 1. The van der Waals surface area contributed by atoms with Crippen molar-refractivity contribution in [2.75, 3.05) is 0 Å². The van der Waals surface area contributed by atoms with Gasteiger partial charge in [-0.2, -0.15) is 22.6 Å². The summed E-state index contributed by atoms with van der Waals surface area (Å²) in [7, 11) is -4.28. The Morgan fingerprint density at radius 2 is 1.89 bits per heavy atom. The maximum atomic E-state index is 13.4. The summed E-state index contributed by atoms with van der Waals surface area (Å²) in [6.45, 7) is 0. The van der Waals surface area contributed by atoms with Gasteiger partial charge in [0.25, 0.3) is 10.0 Å². The second kappa shape index (κ2) is 5.41. The minimum Gasteiger partial charge on any atom is -0.290 e. The number of nitrogens with one attached hydrogen (secondary N) is 1. The standard InChI is InChI=1S/C17H15F3N4O3S/c18-17(19,20)10-3-4-12(21-7-10)28(26,27)24-14(9-1-2-9)11-8-22-23-13(11)15(25)16(24)5-6-16/h3-4,7-9,14H,1-2,5-6H2,(H,22,23). The number of hydrogen-bond donors (Lipinski definition) is 1. The van der Waals surface area contributed by atoms with Gasteiger partial charge in [0.15, 0.2) is 5.03 Å². The maximum absolute atomic E-state index is 13.4. The fraction of sp³-hybridized carbons (Fsp3) is 0.471. The van der Waals surface area contributed by atoms with Crippen molar-refractivity contribution in [1.29, 1.82) is 0 Å². The van der Waals surface area contributed by atoms with Crippen LogP contribution in [0.2, 0.25) is 0 Å². The van der Waals surface area contributed by atoms with Gasteiger partial charge in [0.05, 0.1) is 17.8 Å². The molecule has 0 aromatic carbocycles. The van der Waals surface area contributed by atoms with Crippen molar-refractivity contribution in [2.45, 2.75) is 48.5 Å². The third-order valence-corrected chi connectivity index (χ3v) is 7.56. The van der Waals surface area contributed by atoms with Crippen molar-refractivity contribution in [1.82, 2.24) is 19.5 Å². The van der Waals surface area contributed by atoms with Gasteiger partial charge in [-0.25, -0.2) is 13.4 Å². The zero-order chi connectivity index (χ0) is 19.9. The van der Waals surface area contributed by atoms with Crippen molar-refractivity contribution in [2.24, 2.45) is 5.92 Å². The van der Waals surface area contributed by atoms with E-state index in [1.165, 1.54) is 10.5 Å². The lowest BCUT2D eigenvalue weighted by Crippen LogP contribution is -2.53. The summed E-state index contributed by atoms with van der Waals surface area (Å²) in [5.74, 6) is -0.293. The molecule has 0 bridgehead atoms. The van der Waals surface area contributed by atoms with E-state index in [0.717, 1.165) is 18.9 Å². The van der Waals surface area contributed by atoms with Crippen LogP contribution in [-0.2, 0) is 16.2 Å². The Hall–Kier alpha value is -2.27. The summed E-state index contributed by atoms with van der Waals surface area (Å²) >= 11 is 0. The van der Waals surface area contributed by atoms with Gasteiger partial charge in [0.1, 0.15) is 11.2 Å². The van der Waals surface area contributed by atoms with Crippen molar-refractivity contribution < 1.29 is 26.4 Å². The fourth-order valence-electron chi connectivity index (χ4n) is 4.03. The Kier molecular flexibility index (Phi) is 3.44. The van der Waals surface area contributed by atoms with Crippen LogP contribution in [0.15, 0.2) is 29.6 Å². The number of pyridine rings is 1. The lowest BCUT2D eigenvalue weighted by Gasteiger charge is -2.40. The topological polar surface area (TPSA) is 96.0 Å². The van der Waals surface area contributed by atoms with Gasteiger partial charge in [-0.05, 0) is 43.7 Å². The van der Waals surface area contributed by atoms with Gasteiger partial charge in [-0.15, -0.1) is 0 Å². The van der Waals surface area contributed by atoms with Crippen molar-refractivity contribution in [3.63, 3.8) is 0 Å². The fourth-order valence-corrected chi connectivity index (χ4v) is 5.97. The summed E-state index contributed by atoms with van der Waals surface area (Å²) in [4.78, 5) is 16.6. The van der Waals surface area contributed by atoms with E-state index in [0.29, 0.717) is 36.4 Å². The monoisotopic (exact) mass is 412 g/mol. The highest BCUT2D eigenvalue weighted by atomic mass is 32.2. The Morgan fingerprint density at radius 3 is 2.43 bits per heavy atom. The van der Waals surface area contributed by atoms with Crippen molar-refractivity contribution in [3.8, 4) is 0 Å². The zero-order valence-electron chi connectivity index (χ0n) is 14.4. The highest BCUT2D eigenvalue weighted by Gasteiger charge is 2.66. The molecule has 5 rings (SSSR count). The van der Waals surface area contributed by atoms with E-state index in [-0.39, 0.29) is 11.7 Å². The molecule has 11 heteroatoms. The molecule has 1 unspecified atom stereocenters. The van der Waals surface area contributed by atoms with E-state index in [4.69, 9.17) is 0 Å². The predicted molar refractivity (Wildman–Crippen MR) is 88.6 cm³/mol. The van der Waals surface area contributed by atoms with E-state index >= 15 is 0 Å². The van der Waals surface area contributed by atoms with Crippen LogP contribution >= 0.6 is 0 Å². The second-order valence-electron chi connectivity index (χ2n) is 7.53. The van der Waals surface area contributed by atoms with Crippen LogP contribution in [-0.4, -0.2) is 39.2 Å². The molecule has 2 saturated carbocycles. The molecule has 1 N–H and O–H groups in total. The number of nitrogens with zero attached hydrogens (tertiary/aromatic N) is 3. The molecule has 2 aliphatic carbocycles. The average Bonchev–Trinajstić information content (AvgIpc) is 3.56. The number of aromatic nitrogens is 3. The smallest absolute Gasteiger partial charge is 0.290 e. The second-order valence-corrected chi connectivity index (χ2v) is 9.29. The highest BCUT2D eigenvalue weighted by Crippen LogP contribution is 2.59. The van der Waals surface area contributed by atoms with Crippen LogP contribution in [0.4, 0.5) is 13.2 Å².